The Balaban J connectivity index is 1.76. The van der Waals surface area contributed by atoms with E-state index in [0.717, 1.165) is 0 Å². The van der Waals surface area contributed by atoms with Crippen LogP contribution in [0.2, 0.25) is 15.1 Å². The maximum Gasteiger partial charge on any atom is 0.259 e. The first-order valence-corrected chi connectivity index (χ1v) is 9.51. The summed E-state index contributed by atoms with van der Waals surface area (Å²) in [6, 6.07) is 17.5. The highest BCUT2D eigenvalue weighted by Gasteiger charge is 2.14. The van der Waals surface area contributed by atoms with Crippen LogP contribution in [0.4, 0.5) is 0 Å². The summed E-state index contributed by atoms with van der Waals surface area (Å²) in [6.07, 6.45) is 0. The van der Waals surface area contributed by atoms with Crippen LogP contribution in [0.25, 0.3) is 22.3 Å². The third-order valence-electron chi connectivity index (χ3n) is 4.24. The van der Waals surface area contributed by atoms with Gasteiger partial charge in [-0.25, -0.2) is 4.98 Å². The zero-order chi connectivity index (χ0) is 19.7. The van der Waals surface area contributed by atoms with Crippen LogP contribution in [0.15, 0.2) is 65.5 Å². The Morgan fingerprint density at radius 1 is 0.929 bits per heavy atom. The van der Waals surface area contributed by atoms with E-state index < -0.39 is 0 Å². The summed E-state index contributed by atoms with van der Waals surface area (Å²) in [5.41, 5.74) is 1.59. The standard InChI is InChI=1S/C21H13Cl3N2O2/c22-12-8-9-19(28-11-15-16(23)5-3-6-17(15)24)14(10-12)20-25-18-7-2-1-4-13(18)21(27)26-20/h1-10H,11H2,(H,25,26,27). The first-order chi connectivity index (χ1) is 13.5. The molecule has 0 spiro atoms. The number of nitrogens with one attached hydrogen (secondary N) is 1. The fourth-order valence-corrected chi connectivity index (χ4v) is 3.53. The van der Waals surface area contributed by atoms with Gasteiger partial charge in [0.05, 0.1) is 16.5 Å². The molecule has 3 aromatic carbocycles. The van der Waals surface area contributed by atoms with Crippen LogP contribution in [-0.4, -0.2) is 9.97 Å². The summed E-state index contributed by atoms with van der Waals surface area (Å²) < 4.78 is 5.96. The second-order valence-corrected chi connectivity index (χ2v) is 7.31. The molecule has 1 heterocycles. The summed E-state index contributed by atoms with van der Waals surface area (Å²) in [7, 11) is 0. The van der Waals surface area contributed by atoms with Crippen molar-refractivity contribution in [3.8, 4) is 17.1 Å². The molecule has 0 amide bonds. The molecule has 4 aromatic rings. The second kappa shape index (κ2) is 7.84. The number of hydrogen-bond donors (Lipinski definition) is 1. The first-order valence-electron chi connectivity index (χ1n) is 8.37. The topological polar surface area (TPSA) is 55.0 Å². The molecule has 0 unspecified atom stereocenters. The predicted octanol–water partition coefficient (Wildman–Crippen LogP) is 6.13. The smallest absolute Gasteiger partial charge is 0.259 e. The molecule has 0 aliphatic rings. The van der Waals surface area contributed by atoms with Crippen LogP contribution in [-0.2, 0) is 6.61 Å². The molecule has 0 radical (unpaired) electrons. The van der Waals surface area contributed by atoms with Gasteiger partial charge in [0.2, 0.25) is 0 Å². The maximum absolute atomic E-state index is 12.4. The van der Waals surface area contributed by atoms with Gasteiger partial charge in [-0.2, -0.15) is 0 Å². The first kappa shape index (κ1) is 18.8. The number of para-hydroxylation sites is 1. The van der Waals surface area contributed by atoms with Crippen LogP contribution >= 0.6 is 34.8 Å². The molecule has 1 N–H and O–H groups in total. The molecule has 0 fully saturated rings. The van der Waals surface area contributed by atoms with Gasteiger partial charge >= 0.3 is 0 Å². The van der Waals surface area contributed by atoms with Crippen molar-refractivity contribution in [1.29, 1.82) is 0 Å². The minimum atomic E-state index is -0.235. The van der Waals surface area contributed by atoms with Gasteiger partial charge in [0.1, 0.15) is 18.2 Å². The third kappa shape index (κ3) is 3.72. The van der Waals surface area contributed by atoms with Gasteiger partial charge in [0, 0.05) is 20.6 Å². The molecule has 0 aliphatic carbocycles. The molecule has 0 saturated heterocycles. The van der Waals surface area contributed by atoms with Crippen molar-refractivity contribution in [2.24, 2.45) is 0 Å². The highest BCUT2D eigenvalue weighted by Crippen LogP contribution is 2.33. The Bertz CT molecular complexity index is 1220. The number of hydrogen-bond acceptors (Lipinski definition) is 3. The highest BCUT2D eigenvalue weighted by molar-refractivity contribution is 6.36. The summed E-state index contributed by atoms with van der Waals surface area (Å²) in [4.78, 5) is 19.8. The van der Waals surface area contributed by atoms with Crippen LogP contribution in [0.5, 0.6) is 5.75 Å². The van der Waals surface area contributed by atoms with E-state index in [1.807, 2.05) is 6.07 Å². The quantitative estimate of drug-likeness (QED) is 0.423. The number of aromatic nitrogens is 2. The fourth-order valence-electron chi connectivity index (χ4n) is 2.85. The molecule has 140 valence electrons. The molecule has 1 aromatic heterocycles. The monoisotopic (exact) mass is 430 g/mol. The number of H-pyrrole nitrogens is 1. The molecule has 0 atom stereocenters. The fraction of sp³-hybridized carbons (Fsp3) is 0.0476. The van der Waals surface area contributed by atoms with E-state index in [4.69, 9.17) is 39.5 Å². The lowest BCUT2D eigenvalue weighted by Gasteiger charge is -2.13. The van der Waals surface area contributed by atoms with E-state index >= 15 is 0 Å². The Labute approximate surface area is 175 Å². The summed E-state index contributed by atoms with van der Waals surface area (Å²) in [5.74, 6) is 0.866. The SMILES string of the molecule is O=c1[nH]c(-c2cc(Cl)ccc2OCc2c(Cl)cccc2Cl)nc2ccccc12. The van der Waals surface area contributed by atoms with Gasteiger partial charge in [-0.15, -0.1) is 0 Å². The minimum absolute atomic E-state index is 0.158. The Morgan fingerprint density at radius 2 is 1.68 bits per heavy atom. The van der Waals surface area contributed by atoms with Crippen LogP contribution in [0, 0.1) is 0 Å². The van der Waals surface area contributed by atoms with E-state index in [9.17, 15) is 4.79 Å². The molecule has 0 aliphatic heterocycles. The van der Waals surface area contributed by atoms with Gasteiger partial charge in [0.15, 0.2) is 0 Å². The van der Waals surface area contributed by atoms with E-state index in [2.05, 4.69) is 9.97 Å². The molecule has 28 heavy (non-hydrogen) atoms. The number of fused-ring (bicyclic) bond motifs is 1. The number of aromatic amines is 1. The van der Waals surface area contributed by atoms with Crippen molar-refractivity contribution in [2.75, 3.05) is 0 Å². The predicted molar refractivity (Wildman–Crippen MR) is 114 cm³/mol. The van der Waals surface area contributed by atoms with Gasteiger partial charge in [-0.1, -0.05) is 53.0 Å². The lowest BCUT2D eigenvalue weighted by molar-refractivity contribution is 0.307. The number of ether oxygens (including phenoxy) is 1. The summed E-state index contributed by atoms with van der Waals surface area (Å²) in [5, 5.41) is 2.04. The summed E-state index contributed by atoms with van der Waals surface area (Å²) in [6.45, 7) is 0.158. The highest BCUT2D eigenvalue weighted by atomic mass is 35.5. The van der Waals surface area contributed by atoms with Crippen molar-refractivity contribution in [1.82, 2.24) is 9.97 Å². The molecule has 4 rings (SSSR count). The number of nitrogens with zero attached hydrogens (tertiary/aromatic N) is 1. The van der Waals surface area contributed by atoms with Crippen LogP contribution < -0.4 is 10.3 Å². The summed E-state index contributed by atoms with van der Waals surface area (Å²) >= 11 is 18.6. The van der Waals surface area contributed by atoms with Gasteiger partial charge in [0.25, 0.3) is 5.56 Å². The second-order valence-electron chi connectivity index (χ2n) is 6.06. The lowest BCUT2D eigenvalue weighted by atomic mass is 10.1. The minimum Gasteiger partial charge on any atom is -0.488 e. The maximum atomic E-state index is 12.4. The zero-order valence-electron chi connectivity index (χ0n) is 14.4. The average Bonchev–Trinajstić information content (AvgIpc) is 2.68. The van der Waals surface area contributed by atoms with Crippen molar-refractivity contribution in [2.45, 2.75) is 6.61 Å². The van der Waals surface area contributed by atoms with Gasteiger partial charge in [-0.3, -0.25) is 4.79 Å². The van der Waals surface area contributed by atoms with E-state index in [1.165, 1.54) is 0 Å². The van der Waals surface area contributed by atoms with Crippen LogP contribution in [0.3, 0.4) is 0 Å². The Kier molecular flexibility index (Phi) is 5.27. The Morgan fingerprint density at radius 3 is 2.46 bits per heavy atom. The third-order valence-corrected chi connectivity index (χ3v) is 5.19. The van der Waals surface area contributed by atoms with Crippen molar-refractivity contribution >= 4 is 45.7 Å². The number of benzene rings is 3. The van der Waals surface area contributed by atoms with Crippen molar-refractivity contribution < 1.29 is 4.74 Å². The normalized spacial score (nSPS) is 11.0. The van der Waals surface area contributed by atoms with Gasteiger partial charge < -0.3 is 9.72 Å². The zero-order valence-corrected chi connectivity index (χ0v) is 16.6. The number of rotatable bonds is 4. The van der Waals surface area contributed by atoms with Crippen molar-refractivity contribution in [3.05, 3.63) is 91.6 Å². The largest absolute Gasteiger partial charge is 0.488 e. The van der Waals surface area contributed by atoms with Gasteiger partial charge in [-0.05, 0) is 42.5 Å². The molecule has 0 saturated carbocycles. The lowest BCUT2D eigenvalue weighted by Crippen LogP contribution is -2.10. The average molecular weight is 432 g/mol. The Hall–Kier alpha value is -2.53. The number of halogens is 3. The van der Waals surface area contributed by atoms with E-state index in [1.54, 1.807) is 54.6 Å². The van der Waals surface area contributed by atoms with E-state index in [0.29, 0.717) is 48.7 Å². The van der Waals surface area contributed by atoms with E-state index in [-0.39, 0.29) is 12.2 Å². The molecule has 0 bridgehead atoms. The molecule has 7 heteroatoms. The molecule has 4 nitrogen and oxygen atoms in total. The molecular formula is C21H13Cl3N2O2. The molecular weight excluding hydrogens is 419 g/mol. The van der Waals surface area contributed by atoms with Crippen molar-refractivity contribution in [3.63, 3.8) is 0 Å². The van der Waals surface area contributed by atoms with Crippen LogP contribution in [0.1, 0.15) is 5.56 Å².